The van der Waals surface area contributed by atoms with Crippen molar-refractivity contribution in [2.45, 2.75) is 17.4 Å². The van der Waals surface area contributed by atoms with Gasteiger partial charge in [-0.15, -0.1) is 0 Å². The van der Waals surface area contributed by atoms with E-state index < -0.39 is 10.8 Å². The van der Waals surface area contributed by atoms with Gasteiger partial charge in [0.15, 0.2) is 0 Å². The van der Waals surface area contributed by atoms with Crippen molar-refractivity contribution >= 4 is 22.1 Å². The van der Waals surface area contributed by atoms with E-state index >= 15 is 0 Å². The largest absolute Gasteiger partial charge is 0.377 e. The van der Waals surface area contributed by atoms with Gasteiger partial charge in [0.1, 0.15) is 5.82 Å². The predicted molar refractivity (Wildman–Crippen MR) is 107 cm³/mol. The number of halogens is 1. The maximum absolute atomic E-state index is 13.4. The molecular formula is C22H19FN2OS. The molecular weight excluding hydrogens is 359 g/mol. The third-order valence-electron chi connectivity index (χ3n) is 4.80. The second-order valence-electron chi connectivity index (χ2n) is 6.52. The molecule has 2 heterocycles. The van der Waals surface area contributed by atoms with E-state index in [9.17, 15) is 8.60 Å². The Hall–Kier alpha value is -2.79. The van der Waals surface area contributed by atoms with E-state index in [0.717, 1.165) is 33.7 Å². The maximum Gasteiger partial charge on any atom is 0.123 e. The summed E-state index contributed by atoms with van der Waals surface area (Å²) in [4.78, 5) is 4.93. The molecule has 2 unspecified atom stereocenters. The summed E-state index contributed by atoms with van der Waals surface area (Å²) in [6.45, 7) is 0. The summed E-state index contributed by atoms with van der Waals surface area (Å²) in [7, 11) is -0.988. The maximum atomic E-state index is 13.4. The highest BCUT2D eigenvalue weighted by molar-refractivity contribution is 7.84. The normalized spacial score (nSPS) is 17.6. The zero-order chi connectivity index (χ0) is 18.8. The number of hydrogen-bond acceptors (Lipinski definition) is 3. The number of rotatable bonds is 4. The number of nitrogens with one attached hydrogen (secondary N) is 1. The SMILES string of the molecule is CS(=O)c1ccc(C2CC(c3ccncc3)=C(c3ccc(F)cc3)N2)cc1. The Morgan fingerprint density at radius 3 is 2.26 bits per heavy atom. The molecule has 3 nitrogen and oxygen atoms in total. The van der Waals surface area contributed by atoms with Crippen LogP contribution in [0, 0.1) is 5.82 Å². The summed E-state index contributed by atoms with van der Waals surface area (Å²) in [5, 5.41) is 3.60. The topological polar surface area (TPSA) is 42.0 Å². The van der Waals surface area contributed by atoms with Crippen LogP contribution < -0.4 is 5.32 Å². The molecule has 1 aromatic heterocycles. The van der Waals surface area contributed by atoms with Crippen molar-refractivity contribution in [3.8, 4) is 0 Å². The van der Waals surface area contributed by atoms with Crippen molar-refractivity contribution in [2.75, 3.05) is 6.26 Å². The van der Waals surface area contributed by atoms with Gasteiger partial charge in [0.2, 0.25) is 0 Å². The molecule has 136 valence electrons. The first-order valence-electron chi connectivity index (χ1n) is 8.71. The average Bonchev–Trinajstić information content (AvgIpc) is 3.15. The van der Waals surface area contributed by atoms with E-state index in [1.165, 1.54) is 17.7 Å². The summed E-state index contributed by atoms with van der Waals surface area (Å²) in [5.41, 5.74) is 5.38. The molecule has 3 aromatic rings. The van der Waals surface area contributed by atoms with Crippen molar-refractivity contribution in [1.29, 1.82) is 0 Å². The van der Waals surface area contributed by atoms with E-state index in [0.29, 0.717) is 0 Å². The Labute approximate surface area is 160 Å². The number of hydrogen-bond donors (Lipinski definition) is 1. The van der Waals surface area contributed by atoms with E-state index in [1.54, 1.807) is 30.8 Å². The zero-order valence-corrected chi connectivity index (χ0v) is 15.7. The van der Waals surface area contributed by atoms with Gasteiger partial charge in [0.05, 0.1) is 6.04 Å². The van der Waals surface area contributed by atoms with Crippen LogP contribution in [0.1, 0.15) is 29.2 Å². The Kier molecular flexibility index (Phi) is 4.86. The lowest BCUT2D eigenvalue weighted by molar-refractivity contribution is 0.627. The molecule has 0 fully saturated rings. The molecule has 27 heavy (non-hydrogen) atoms. The molecule has 2 aromatic carbocycles. The molecule has 4 rings (SSSR count). The fraction of sp³-hybridized carbons (Fsp3) is 0.136. The van der Waals surface area contributed by atoms with Gasteiger partial charge in [0, 0.05) is 40.0 Å². The average molecular weight is 378 g/mol. The summed E-state index contributed by atoms with van der Waals surface area (Å²) in [6.07, 6.45) is 6.05. The molecule has 1 N–H and O–H groups in total. The summed E-state index contributed by atoms with van der Waals surface area (Å²) in [6, 6.07) is 18.5. The number of benzene rings is 2. The summed E-state index contributed by atoms with van der Waals surface area (Å²) >= 11 is 0. The smallest absolute Gasteiger partial charge is 0.123 e. The fourth-order valence-electron chi connectivity index (χ4n) is 3.40. The Morgan fingerprint density at radius 2 is 1.63 bits per heavy atom. The van der Waals surface area contributed by atoms with Gasteiger partial charge in [0.25, 0.3) is 0 Å². The molecule has 2 atom stereocenters. The third kappa shape index (κ3) is 3.69. The lowest BCUT2D eigenvalue weighted by Crippen LogP contribution is -2.13. The molecule has 0 spiro atoms. The number of nitrogens with zero attached hydrogens (tertiary/aromatic N) is 1. The molecule has 0 radical (unpaired) electrons. The van der Waals surface area contributed by atoms with Crippen molar-refractivity contribution in [3.63, 3.8) is 0 Å². The van der Waals surface area contributed by atoms with Crippen LogP contribution in [0.3, 0.4) is 0 Å². The van der Waals surface area contributed by atoms with Crippen LogP contribution in [-0.4, -0.2) is 15.4 Å². The number of aromatic nitrogens is 1. The van der Waals surface area contributed by atoms with Gasteiger partial charge in [-0.2, -0.15) is 0 Å². The Bertz CT molecular complexity index is 999. The number of pyridine rings is 1. The zero-order valence-electron chi connectivity index (χ0n) is 14.9. The first kappa shape index (κ1) is 17.6. The van der Waals surface area contributed by atoms with Gasteiger partial charge in [-0.25, -0.2) is 4.39 Å². The molecule has 0 saturated carbocycles. The molecule has 1 aliphatic heterocycles. The highest BCUT2D eigenvalue weighted by atomic mass is 32.2. The minimum Gasteiger partial charge on any atom is -0.377 e. The van der Waals surface area contributed by atoms with Crippen molar-refractivity contribution in [2.24, 2.45) is 0 Å². The lowest BCUT2D eigenvalue weighted by atomic mass is 9.97. The van der Waals surface area contributed by atoms with E-state index in [4.69, 9.17) is 0 Å². The van der Waals surface area contributed by atoms with Gasteiger partial charge in [-0.05, 0) is 77.2 Å². The Morgan fingerprint density at radius 1 is 0.963 bits per heavy atom. The van der Waals surface area contributed by atoms with Crippen molar-refractivity contribution in [3.05, 3.63) is 95.6 Å². The van der Waals surface area contributed by atoms with E-state index in [2.05, 4.69) is 10.3 Å². The molecule has 1 aliphatic rings. The third-order valence-corrected chi connectivity index (χ3v) is 5.74. The van der Waals surface area contributed by atoms with Crippen LogP contribution in [0.15, 0.2) is 78.0 Å². The second kappa shape index (κ2) is 7.45. The Balaban J connectivity index is 1.70. The van der Waals surface area contributed by atoms with Crippen LogP contribution in [0.5, 0.6) is 0 Å². The molecule has 0 amide bonds. The first-order valence-corrected chi connectivity index (χ1v) is 10.3. The summed E-state index contributed by atoms with van der Waals surface area (Å²) < 4.78 is 25.0. The minimum atomic E-state index is -0.988. The van der Waals surface area contributed by atoms with Gasteiger partial charge >= 0.3 is 0 Å². The highest BCUT2D eigenvalue weighted by Gasteiger charge is 2.26. The van der Waals surface area contributed by atoms with E-state index in [-0.39, 0.29) is 11.9 Å². The van der Waals surface area contributed by atoms with Crippen molar-refractivity contribution < 1.29 is 8.60 Å². The molecule has 5 heteroatoms. The van der Waals surface area contributed by atoms with Crippen LogP contribution >= 0.6 is 0 Å². The van der Waals surface area contributed by atoms with E-state index in [1.807, 2.05) is 36.4 Å². The highest BCUT2D eigenvalue weighted by Crippen LogP contribution is 2.40. The van der Waals surface area contributed by atoms with Crippen molar-refractivity contribution in [1.82, 2.24) is 10.3 Å². The van der Waals surface area contributed by atoms with Crippen LogP contribution in [-0.2, 0) is 10.8 Å². The monoisotopic (exact) mass is 378 g/mol. The van der Waals surface area contributed by atoms with Crippen LogP contribution in [0.2, 0.25) is 0 Å². The predicted octanol–water partition coefficient (Wildman–Crippen LogP) is 4.56. The minimum absolute atomic E-state index is 0.104. The lowest BCUT2D eigenvalue weighted by Gasteiger charge is -2.14. The van der Waals surface area contributed by atoms with Gasteiger partial charge < -0.3 is 5.32 Å². The molecule has 0 saturated heterocycles. The second-order valence-corrected chi connectivity index (χ2v) is 7.90. The van der Waals surface area contributed by atoms with Gasteiger partial charge in [-0.1, -0.05) is 12.1 Å². The molecule has 0 aliphatic carbocycles. The quantitative estimate of drug-likeness (QED) is 0.724. The van der Waals surface area contributed by atoms with Crippen LogP contribution in [0.25, 0.3) is 11.3 Å². The molecule has 0 bridgehead atoms. The van der Waals surface area contributed by atoms with Gasteiger partial charge in [-0.3, -0.25) is 9.19 Å². The van der Waals surface area contributed by atoms with Crippen LogP contribution in [0.4, 0.5) is 4.39 Å². The fourth-order valence-corrected chi connectivity index (χ4v) is 3.92. The standard InChI is InChI=1S/C22H19FN2OS/c1-27(26)19-8-4-16(5-9-19)21-14-20(15-10-12-24-13-11-15)22(25-21)17-2-6-18(23)7-3-17/h2-13,21,25H,14H2,1H3. The first-order chi connectivity index (χ1) is 13.1. The summed E-state index contributed by atoms with van der Waals surface area (Å²) in [5.74, 6) is -0.248.